The minimum Gasteiger partial charge on any atom is -0.496 e. The lowest BCUT2D eigenvalue weighted by atomic mass is 9.98. The second-order valence-corrected chi connectivity index (χ2v) is 4.21. The number of aryl methyl sites for hydroxylation is 2. The van der Waals surface area contributed by atoms with Crippen molar-refractivity contribution in [2.24, 2.45) is 0 Å². The van der Waals surface area contributed by atoms with Gasteiger partial charge in [0.1, 0.15) is 11.9 Å². The smallest absolute Gasteiger partial charge is 0.123 e. The molecule has 2 aromatic rings. The lowest BCUT2D eigenvalue weighted by Gasteiger charge is -2.15. The molecule has 4 heteroatoms. The van der Waals surface area contributed by atoms with Gasteiger partial charge in [0.25, 0.3) is 0 Å². The third kappa shape index (κ3) is 2.33. The van der Waals surface area contributed by atoms with Crippen LogP contribution < -0.4 is 4.74 Å². The van der Waals surface area contributed by atoms with E-state index in [9.17, 15) is 5.11 Å². The number of hydrogen-bond acceptors (Lipinski definition) is 4. The number of nitrogens with zero attached hydrogens (tertiary/aromatic N) is 2. The fourth-order valence-electron chi connectivity index (χ4n) is 1.94. The van der Waals surface area contributed by atoms with E-state index in [-0.39, 0.29) is 0 Å². The average Bonchev–Trinajstić information content (AvgIpc) is 2.41. The van der Waals surface area contributed by atoms with Gasteiger partial charge in [0, 0.05) is 12.4 Å². The molecule has 0 saturated carbocycles. The summed E-state index contributed by atoms with van der Waals surface area (Å²) >= 11 is 0. The van der Waals surface area contributed by atoms with Crippen molar-refractivity contribution in [2.45, 2.75) is 20.0 Å². The Bertz CT molecular complexity index is 541. The van der Waals surface area contributed by atoms with Gasteiger partial charge >= 0.3 is 0 Å². The Morgan fingerprint density at radius 1 is 1.17 bits per heavy atom. The van der Waals surface area contributed by atoms with Gasteiger partial charge in [0.2, 0.25) is 0 Å². The maximum absolute atomic E-state index is 10.3. The van der Waals surface area contributed by atoms with E-state index in [4.69, 9.17) is 4.74 Å². The minimum absolute atomic E-state index is 0.546. The lowest BCUT2D eigenvalue weighted by molar-refractivity contribution is 0.214. The molecule has 1 heterocycles. The van der Waals surface area contributed by atoms with Crippen LogP contribution in [0.2, 0.25) is 0 Å². The molecule has 18 heavy (non-hydrogen) atoms. The Morgan fingerprint density at radius 2 is 1.94 bits per heavy atom. The molecular weight excluding hydrogens is 228 g/mol. The summed E-state index contributed by atoms with van der Waals surface area (Å²) in [5.41, 5.74) is 3.33. The SMILES string of the molecule is COc1cc(C)c(C(O)c2cnccn2)cc1C. The van der Waals surface area contributed by atoms with E-state index in [1.165, 1.54) is 0 Å². The van der Waals surface area contributed by atoms with Gasteiger partial charge in [-0.3, -0.25) is 9.97 Å². The van der Waals surface area contributed by atoms with E-state index in [1.807, 2.05) is 26.0 Å². The van der Waals surface area contributed by atoms with Gasteiger partial charge in [-0.25, -0.2) is 0 Å². The van der Waals surface area contributed by atoms with Crippen molar-refractivity contribution in [2.75, 3.05) is 7.11 Å². The predicted octanol–water partition coefficient (Wildman–Crippen LogP) is 2.18. The maximum Gasteiger partial charge on any atom is 0.123 e. The van der Waals surface area contributed by atoms with Crippen molar-refractivity contribution in [3.05, 3.63) is 53.1 Å². The van der Waals surface area contributed by atoms with Crippen molar-refractivity contribution < 1.29 is 9.84 Å². The molecule has 0 amide bonds. The summed E-state index contributed by atoms with van der Waals surface area (Å²) in [6.45, 7) is 3.89. The van der Waals surface area contributed by atoms with Gasteiger partial charge in [-0.2, -0.15) is 0 Å². The van der Waals surface area contributed by atoms with Crippen LogP contribution in [0.1, 0.15) is 28.5 Å². The van der Waals surface area contributed by atoms with Crippen molar-refractivity contribution in [3.63, 3.8) is 0 Å². The average molecular weight is 244 g/mol. The van der Waals surface area contributed by atoms with Crippen LogP contribution in [0.15, 0.2) is 30.7 Å². The largest absolute Gasteiger partial charge is 0.496 e. The van der Waals surface area contributed by atoms with Crippen molar-refractivity contribution >= 4 is 0 Å². The van der Waals surface area contributed by atoms with Crippen LogP contribution in [0.4, 0.5) is 0 Å². The summed E-state index contributed by atoms with van der Waals surface area (Å²) in [6, 6.07) is 3.85. The molecule has 2 rings (SSSR count). The van der Waals surface area contributed by atoms with E-state index < -0.39 is 6.10 Å². The topological polar surface area (TPSA) is 55.2 Å². The van der Waals surface area contributed by atoms with Crippen LogP contribution in [0, 0.1) is 13.8 Å². The van der Waals surface area contributed by atoms with Crippen LogP contribution >= 0.6 is 0 Å². The molecule has 0 saturated heterocycles. The highest BCUT2D eigenvalue weighted by Gasteiger charge is 2.16. The summed E-state index contributed by atoms with van der Waals surface area (Å²) in [5, 5.41) is 10.3. The van der Waals surface area contributed by atoms with E-state index in [1.54, 1.807) is 25.7 Å². The number of benzene rings is 1. The number of aliphatic hydroxyl groups is 1. The minimum atomic E-state index is -0.761. The molecule has 1 aromatic heterocycles. The van der Waals surface area contributed by atoms with Gasteiger partial charge in [-0.05, 0) is 42.7 Å². The summed E-state index contributed by atoms with van der Waals surface area (Å²) in [4.78, 5) is 8.09. The first-order valence-electron chi connectivity index (χ1n) is 5.72. The fraction of sp³-hybridized carbons (Fsp3) is 0.286. The first-order valence-corrected chi connectivity index (χ1v) is 5.72. The monoisotopic (exact) mass is 244 g/mol. The highest BCUT2D eigenvalue weighted by Crippen LogP contribution is 2.29. The van der Waals surface area contributed by atoms with Crippen LogP contribution in [-0.2, 0) is 0 Å². The molecule has 4 nitrogen and oxygen atoms in total. The normalized spacial score (nSPS) is 12.2. The maximum atomic E-state index is 10.3. The quantitative estimate of drug-likeness (QED) is 0.899. The molecule has 0 aliphatic heterocycles. The first kappa shape index (κ1) is 12.5. The van der Waals surface area contributed by atoms with Crippen molar-refractivity contribution in [1.29, 1.82) is 0 Å². The third-order valence-corrected chi connectivity index (χ3v) is 2.94. The summed E-state index contributed by atoms with van der Waals surface area (Å²) < 4.78 is 5.26. The Labute approximate surface area is 106 Å². The number of methoxy groups -OCH3 is 1. The fourth-order valence-corrected chi connectivity index (χ4v) is 1.94. The van der Waals surface area contributed by atoms with Crippen LogP contribution in [-0.4, -0.2) is 22.2 Å². The van der Waals surface area contributed by atoms with Gasteiger partial charge in [0.05, 0.1) is 19.0 Å². The Kier molecular flexibility index (Phi) is 3.58. The van der Waals surface area contributed by atoms with Crippen LogP contribution in [0.25, 0.3) is 0 Å². The van der Waals surface area contributed by atoms with Crippen molar-refractivity contribution in [3.8, 4) is 5.75 Å². The van der Waals surface area contributed by atoms with Gasteiger partial charge in [-0.1, -0.05) is 0 Å². The molecular formula is C14H16N2O2. The first-order chi connectivity index (χ1) is 8.63. The molecule has 0 aliphatic carbocycles. The highest BCUT2D eigenvalue weighted by molar-refractivity contribution is 5.44. The van der Waals surface area contributed by atoms with E-state index in [0.717, 1.165) is 22.4 Å². The molecule has 0 fully saturated rings. The molecule has 0 spiro atoms. The van der Waals surface area contributed by atoms with Crippen molar-refractivity contribution in [1.82, 2.24) is 9.97 Å². The highest BCUT2D eigenvalue weighted by atomic mass is 16.5. The molecule has 1 atom stereocenters. The van der Waals surface area contributed by atoms with E-state index >= 15 is 0 Å². The molecule has 1 unspecified atom stereocenters. The molecule has 0 radical (unpaired) electrons. The Hall–Kier alpha value is -1.94. The van der Waals surface area contributed by atoms with Crippen LogP contribution in [0.5, 0.6) is 5.75 Å². The molecule has 94 valence electrons. The molecule has 0 bridgehead atoms. The van der Waals surface area contributed by atoms with Gasteiger partial charge in [0.15, 0.2) is 0 Å². The lowest BCUT2D eigenvalue weighted by Crippen LogP contribution is -2.05. The Balaban J connectivity index is 2.43. The van der Waals surface area contributed by atoms with Crippen LogP contribution in [0.3, 0.4) is 0 Å². The summed E-state index contributed by atoms with van der Waals surface area (Å²) in [6.07, 6.45) is 3.97. The zero-order chi connectivity index (χ0) is 13.1. The molecule has 1 N–H and O–H groups in total. The summed E-state index contributed by atoms with van der Waals surface area (Å²) in [5.74, 6) is 0.822. The number of aliphatic hydroxyl groups excluding tert-OH is 1. The zero-order valence-electron chi connectivity index (χ0n) is 10.7. The standard InChI is InChI=1S/C14H16N2O2/c1-9-7-13(18-3)10(2)6-11(9)14(17)12-8-15-4-5-16-12/h4-8,14,17H,1-3H3. The number of rotatable bonds is 3. The number of hydrogen-bond donors (Lipinski definition) is 1. The predicted molar refractivity (Wildman–Crippen MR) is 68.6 cm³/mol. The second-order valence-electron chi connectivity index (χ2n) is 4.21. The second kappa shape index (κ2) is 5.14. The van der Waals surface area contributed by atoms with Gasteiger partial charge in [-0.15, -0.1) is 0 Å². The summed E-state index contributed by atoms with van der Waals surface area (Å²) in [7, 11) is 1.64. The third-order valence-electron chi connectivity index (χ3n) is 2.94. The van der Waals surface area contributed by atoms with Gasteiger partial charge < -0.3 is 9.84 Å². The molecule has 1 aromatic carbocycles. The Morgan fingerprint density at radius 3 is 2.56 bits per heavy atom. The number of ether oxygens (including phenoxy) is 1. The number of aromatic nitrogens is 2. The molecule has 0 aliphatic rings. The van der Waals surface area contributed by atoms with E-state index in [0.29, 0.717) is 5.69 Å². The zero-order valence-corrected chi connectivity index (χ0v) is 10.7. The van der Waals surface area contributed by atoms with E-state index in [2.05, 4.69) is 9.97 Å².